The van der Waals surface area contributed by atoms with E-state index in [-0.39, 0.29) is 5.56 Å². The molecule has 0 amide bonds. The van der Waals surface area contributed by atoms with Gasteiger partial charge in [-0.25, -0.2) is 0 Å². The summed E-state index contributed by atoms with van der Waals surface area (Å²) in [6.45, 7) is 3.48. The Balaban J connectivity index is 1.60. The molecule has 0 bridgehead atoms. The van der Waals surface area contributed by atoms with Crippen LogP contribution in [0.15, 0.2) is 82.2 Å². The van der Waals surface area contributed by atoms with Gasteiger partial charge in [-0.1, -0.05) is 48.5 Å². The number of aromatic amines is 1. The van der Waals surface area contributed by atoms with Gasteiger partial charge in [-0.15, -0.1) is 0 Å². The molecule has 0 unspecified atom stereocenters. The number of aryl methyl sites for hydroxylation is 1. The fraction of sp³-hybridized carbons (Fsp3) is 0.167. The molecule has 2 aromatic carbocycles. The minimum absolute atomic E-state index is 0.0938. The van der Waals surface area contributed by atoms with Crippen molar-refractivity contribution in [2.24, 2.45) is 0 Å². The maximum Gasteiger partial charge on any atom is 0.253 e. The van der Waals surface area contributed by atoms with Gasteiger partial charge in [0.05, 0.1) is 24.9 Å². The van der Waals surface area contributed by atoms with Crippen LogP contribution in [0.5, 0.6) is 0 Å². The van der Waals surface area contributed by atoms with Crippen molar-refractivity contribution in [1.29, 1.82) is 0 Å². The van der Waals surface area contributed by atoms with E-state index < -0.39 is 0 Å². The summed E-state index contributed by atoms with van der Waals surface area (Å²) in [6.07, 6.45) is 1.64. The highest BCUT2D eigenvalue weighted by molar-refractivity contribution is 7.80. The third-order valence-corrected chi connectivity index (χ3v) is 5.43. The highest BCUT2D eigenvalue weighted by Gasteiger charge is 2.15. The molecule has 0 saturated carbocycles. The van der Waals surface area contributed by atoms with Crippen molar-refractivity contribution < 1.29 is 4.42 Å². The quantitative estimate of drug-likeness (QED) is 0.452. The number of benzene rings is 2. The molecule has 6 heteroatoms. The number of rotatable bonds is 6. The largest absolute Gasteiger partial charge is 0.467 e. The lowest BCUT2D eigenvalue weighted by Gasteiger charge is -2.26. The number of pyridine rings is 1. The lowest BCUT2D eigenvalue weighted by molar-refractivity contribution is 0.393. The predicted octanol–water partition coefficient (Wildman–Crippen LogP) is 4.51. The summed E-state index contributed by atoms with van der Waals surface area (Å²) in [5.74, 6) is 0.802. The van der Waals surface area contributed by atoms with E-state index in [1.807, 2.05) is 66.4 Å². The Morgan fingerprint density at radius 3 is 2.67 bits per heavy atom. The molecule has 0 fully saturated rings. The van der Waals surface area contributed by atoms with E-state index in [4.69, 9.17) is 16.6 Å². The van der Waals surface area contributed by atoms with Crippen LogP contribution < -0.4 is 10.9 Å². The Kier molecular flexibility index (Phi) is 5.95. The van der Waals surface area contributed by atoms with Gasteiger partial charge in [0.2, 0.25) is 0 Å². The molecule has 0 saturated heterocycles. The molecular formula is C24H23N3O2S. The Morgan fingerprint density at radius 1 is 1.07 bits per heavy atom. The number of hydrogen-bond acceptors (Lipinski definition) is 3. The number of para-hydroxylation sites is 1. The second-order valence-corrected chi connectivity index (χ2v) is 7.63. The summed E-state index contributed by atoms with van der Waals surface area (Å²) in [4.78, 5) is 17.8. The third-order valence-electron chi connectivity index (χ3n) is 5.02. The molecule has 2 N–H and O–H groups in total. The Labute approximate surface area is 180 Å². The average Bonchev–Trinajstić information content (AvgIpc) is 3.27. The molecule has 152 valence electrons. The van der Waals surface area contributed by atoms with E-state index in [1.54, 1.807) is 6.26 Å². The van der Waals surface area contributed by atoms with Crippen molar-refractivity contribution >= 4 is 28.2 Å². The van der Waals surface area contributed by atoms with E-state index in [0.717, 1.165) is 27.8 Å². The Bertz CT molecular complexity index is 1200. The van der Waals surface area contributed by atoms with Crippen LogP contribution in [0.25, 0.3) is 10.9 Å². The van der Waals surface area contributed by atoms with Crippen LogP contribution in [0.1, 0.15) is 22.5 Å². The van der Waals surface area contributed by atoms with E-state index in [0.29, 0.717) is 30.3 Å². The number of H-pyrrole nitrogens is 1. The second kappa shape index (κ2) is 8.97. The summed E-state index contributed by atoms with van der Waals surface area (Å²) in [5.41, 5.74) is 3.62. The lowest BCUT2D eigenvalue weighted by Crippen LogP contribution is -2.39. The minimum Gasteiger partial charge on any atom is -0.467 e. The van der Waals surface area contributed by atoms with Gasteiger partial charge >= 0.3 is 0 Å². The van der Waals surface area contributed by atoms with Gasteiger partial charge in [-0.3, -0.25) is 4.79 Å². The molecule has 4 aromatic rings. The number of nitrogens with zero attached hydrogens (tertiary/aromatic N) is 1. The van der Waals surface area contributed by atoms with Crippen LogP contribution in [0.4, 0.5) is 0 Å². The van der Waals surface area contributed by atoms with Crippen molar-refractivity contribution in [3.05, 3.63) is 106 Å². The van der Waals surface area contributed by atoms with Gasteiger partial charge in [0.15, 0.2) is 5.11 Å². The van der Waals surface area contributed by atoms with E-state index >= 15 is 0 Å². The van der Waals surface area contributed by atoms with Crippen molar-refractivity contribution in [1.82, 2.24) is 15.2 Å². The van der Waals surface area contributed by atoms with Crippen molar-refractivity contribution in [2.45, 2.75) is 26.6 Å². The summed E-state index contributed by atoms with van der Waals surface area (Å²) in [5, 5.41) is 4.82. The average molecular weight is 418 g/mol. The first-order valence-corrected chi connectivity index (χ1v) is 10.2. The zero-order chi connectivity index (χ0) is 20.9. The van der Waals surface area contributed by atoms with Gasteiger partial charge < -0.3 is 19.6 Å². The molecule has 2 heterocycles. The minimum atomic E-state index is -0.0938. The standard InChI is InChI=1S/C24H23N3O2S/c1-17-7-5-10-19-13-20(23(28)26-22(17)19)16-27(15-18-8-3-2-4-9-18)24(30)25-14-21-11-6-12-29-21/h2-13H,14-16H2,1H3,(H,25,30)(H,26,28). The fourth-order valence-corrected chi connectivity index (χ4v) is 3.64. The molecule has 0 radical (unpaired) electrons. The van der Waals surface area contributed by atoms with Crippen LogP contribution in [0.2, 0.25) is 0 Å². The van der Waals surface area contributed by atoms with Crippen molar-refractivity contribution in [2.75, 3.05) is 0 Å². The lowest BCUT2D eigenvalue weighted by atomic mass is 10.1. The number of hydrogen-bond donors (Lipinski definition) is 2. The molecule has 30 heavy (non-hydrogen) atoms. The predicted molar refractivity (Wildman–Crippen MR) is 123 cm³/mol. The second-order valence-electron chi connectivity index (χ2n) is 7.24. The Morgan fingerprint density at radius 2 is 1.90 bits per heavy atom. The van der Waals surface area contributed by atoms with E-state index in [1.165, 1.54) is 0 Å². The highest BCUT2D eigenvalue weighted by Crippen LogP contribution is 2.17. The molecule has 5 nitrogen and oxygen atoms in total. The molecule has 0 aliphatic carbocycles. The number of fused-ring (bicyclic) bond motifs is 1. The maximum atomic E-state index is 12.8. The normalized spacial score (nSPS) is 10.8. The van der Waals surface area contributed by atoms with E-state index in [9.17, 15) is 4.79 Å². The maximum absolute atomic E-state index is 12.8. The first-order valence-electron chi connectivity index (χ1n) is 9.81. The zero-order valence-electron chi connectivity index (χ0n) is 16.7. The molecular weight excluding hydrogens is 394 g/mol. The fourth-order valence-electron chi connectivity index (χ4n) is 3.44. The molecule has 0 atom stereocenters. The summed E-state index contributed by atoms with van der Waals surface area (Å²) in [7, 11) is 0. The number of aromatic nitrogens is 1. The first-order chi connectivity index (χ1) is 14.6. The summed E-state index contributed by atoms with van der Waals surface area (Å²) < 4.78 is 5.38. The van der Waals surface area contributed by atoms with Gasteiger partial charge in [0.25, 0.3) is 5.56 Å². The SMILES string of the molecule is Cc1cccc2cc(CN(Cc3ccccc3)C(=S)NCc3ccco3)c(=O)[nH]c12. The molecule has 0 aliphatic heterocycles. The molecule has 4 rings (SSSR count). The van der Waals surface area contributed by atoms with Crippen molar-refractivity contribution in [3.63, 3.8) is 0 Å². The smallest absolute Gasteiger partial charge is 0.253 e. The van der Waals surface area contributed by atoms with Crippen LogP contribution in [0.3, 0.4) is 0 Å². The van der Waals surface area contributed by atoms with Gasteiger partial charge in [0.1, 0.15) is 5.76 Å². The van der Waals surface area contributed by atoms with Crippen LogP contribution in [-0.4, -0.2) is 15.0 Å². The zero-order valence-corrected chi connectivity index (χ0v) is 17.5. The van der Waals surface area contributed by atoms with Crippen LogP contribution >= 0.6 is 12.2 Å². The van der Waals surface area contributed by atoms with Crippen molar-refractivity contribution in [3.8, 4) is 0 Å². The molecule has 2 aromatic heterocycles. The summed E-state index contributed by atoms with van der Waals surface area (Å²) in [6, 6.07) is 21.8. The highest BCUT2D eigenvalue weighted by atomic mass is 32.1. The monoisotopic (exact) mass is 417 g/mol. The molecule has 0 spiro atoms. The van der Waals surface area contributed by atoms with Gasteiger partial charge in [-0.05, 0) is 53.9 Å². The Hall–Kier alpha value is -3.38. The topological polar surface area (TPSA) is 61.3 Å². The van der Waals surface area contributed by atoms with Crippen LogP contribution in [0, 0.1) is 6.92 Å². The number of thiocarbonyl (C=S) groups is 1. The number of furan rings is 1. The van der Waals surface area contributed by atoms with Gasteiger partial charge in [-0.2, -0.15) is 0 Å². The van der Waals surface area contributed by atoms with E-state index in [2.05, 4.69) is 22.4 Å². The summed E-state index contributed by atoms with van der Waals surface area (Å²) >= 11 is 5.67. The molecule has 0 aliphatic rings. The van der Waals surface area contributed by atoms with Gasteiger partial charge in [0, 0.05) is 12.1 Å². The third kappa shape index (κ3) is 4.60. The first kappa shape index (κ1) is 19.9. The van der Waals surface area contributed by atoms with Crippen LogP contribution in [-0.2, 0) is 19.6 Å². The number of nitrogens with one attached hydrogen (secondary N) is 2.